The van der Waals surface area contributed by atoms with Crippen molar-refractivity contribution in [1.29, 1.82) is 0 Å². The van der Waals surface area contributed by atoms with E-state index in [-0.39, 0.29) is 5.91 Å². The topological polar surface area (TPSA) is 85.1 Å². The molecule has 2 rings (SSSR count). The molecule has 0 saturated heterocycles. The zero-order valence-electron chi connectivity index (χ0n) is 9.46. The Balaban J connectivity index is 2.19. The van der Waals surface area contributed by atoms with Crippen LogP contribution in [-0.2, 0) is 0 Å². The van der Waals surface area contributed by atoms with Gasteiger partial charge in [0, 0.05) is 17.3 Å². The van der Waals surface area contributed by atoms with Crippen molar-refractivity contribution in [3.05, 3.63) is 59.9 Å². The first kappa shape index (κ1) is 11.8. The van der Waals surface area contributed by atoms with Gasteiger partial charge in [-0.2, -0.15) is 0 Å². The van der Waals surface area contributed by atoms with Crippen molar-refractivity contribution in [2.45, 2.75) is 0 Å². The van der Waals surface area contributed by atoms with Crippen LogP contribution in [0.1, 0.15) is 20.7 Å². The third-order valence-corrected chi connectivity index (χ3v) is 2.33. The van der Waals surface area contributed by atoms with Gasteiger partial charge in [-0.1, -0.05) is 6.07 Å². The summed E-state index contributed by atoms with van der Waals surface area (Å²) in [7, 11) is 0. The standard InChI is InChI=1S/C13H11N3O2/c14-12(17)9-3-1-4-10(7-9)13(18)16-11-5-2-6-15-8-11/h1-8H,(H2,14,17)(H,16,18). The number of carbonyl (C=O) groups excluding carboxylic acids is 2. The summed E-state index contributed by atoms with van der Waals surface area (Å²) < 4.78 is 0. The molecule has 0 aliphatic carbocycles. The predicted molar refractivity (Wildman–Crippen MR) is 67.2 cm³/mol. The lowest BCUT2D eigenvalue weighted by Gasteiger charge is -2.05. The average Bonchev–Trinajstić information content (AvgIpc) is 2.40. The van der Waals surface area contributed by atoms with E-state index >= 15 is 0 Å². The monoisotopic (exact) mass is 241 g/mol. The van der Waals surface area contributed by atoms with Crippen LogP contribution in [0.25, 0.3) is 0 Å². The maximum absolute atomic E-state index is 11.9. The van der Waals surface area contributed by atoms with E-state index in [0.29, 0.717) is 16.8 Å². The molecule has 90 valence electrons. The number of pyridine rings is 1. The first-order valence-electron chi connectivity index (χ1n) is 5.28. The van der Waals surface area contributed by atoms with E-state index in [4.69, 9.17) is 5.73 Å². The van der Waals surface area contributed by atoms with Crippen LogP contribution in [0.4, 0.5) is 5.69 Å². The van der Waals surface area contributed by atoms with Crippen LogP contribution in [0.2, 0.25) is 0 Å². The maximum Gasteiger partial charge on any atom is 0.255 e. The number of nitrogens with two attached hydrogens (primary N) is 1. The number of aromatic nitrogens is 1. The predicted octanol–water partition coefficient (Wildman–Crippen LogP) is 1.43. The molecule has 0 atom stereocenters. The highest BCUT2D eigenvalue weighted by Gasteiger charge is 2.08. The summed E-state index contributed by atoms with van der Waals surface area (Å²) in [5, 5.41) is 2.67. The molecule has 0 bridgehead atoms. The minimum absolute atomic E-state index is 0.300. The molecular formula is C13H11N3O2. The molecule has 0 fully saturated rings. The lowest BCUT2D eigenvalue weighted by molar-refractivity contribution is 0.1000. The molecule has 0 aliphatic rings. The first-order valence-corrected chi connectivity index (χ1v) is 5.28. The van der Waals surface area contributed by atoms with E-state index in [2.05, 4.69) is 10.3 Å². The van der Waals surface area contributed by atoms with Crippen molar-refractivity contribution in [2.24, 2.45) is 5.73 Å². The van der Waals surface area contributed by atoms with E-state index < -0.39 is 5.91 Å². The molecule has 2 amide bonds. The molecular weight excluding hydrogens is 230 g/mol. The number of nitrogens with zero attached hydrogens (tertiary/aromatic N) is 1. The van der Waals surface area contributed by atoms with Crippen molar-refractivity contribution in [3.63, 3.8) is 0 Å². The molecule has 1 aromatic heterocycles. The number of hydrogen-bond acceptors (Lipinski definition) is 3. The van der Waals surface area contributed by atoms with E-state index in [0.717, 1.165) is 0 Å². The number of hydrogen-bond donors (Lipinski definition) is 2. The van der Waals surface area contributed by atoms with Gasteiger partial charge in [-0.15, -0.1) is 0 Å². The van der Waals surface area contributed by atoms with E-state index in [1.54, 1.807) is 36.5 Å². The summed E-state index contributed by atoms with van der Waals surface area (Å²) in [4.78, 5) is 26.8. The van der Waals surface area contributed by atoms with Crippen molar-refractivity contribution < 1.29 is 9.59 Å². The Kier molecular flexibility index (Phi) is 3.33. The fourth-order valence-electron chi connectivity index (χ4n) is 1.45. The van der Waals surface area contributed by atoms with E-state index in [9.17, 15) is 9.59 Å². The van der Waals surface area contributed by atoms with Crippen LogP contribution in [0.3, 0.4) is 0 Å². The number of primary amides is 1. The number of rotatable bonds is 3. The normalized spacial score (nSPS) is 9.78. The van der Waals surface area contributed by atoms with Gasteiger partial charge in [-0.25, -0.2) is 0 Å². The van der Waals surface area contributed by atoms with Gasteiger partial charge in [-0.05, 0) is 30.3 Å². The molecule has 5 heteroatoms. The third kappa shape index (κ3) is 2.70. The quantitative estimate of drug-likeness (QED) is 0.852. The second-order valence-electron chi connectivity index (χ2n) is 3.64. The molecule has 0 unspecified atom stereocenters. The second-order valence-corrected chi connectivity index (χ2v) is 3.64. The van der Waals surface area contributed by atoms with Gasteiger partial charge in [0.05, 0.1) is 11.9 Å². The van der Waals surface area contributed by atoms with Crippen LogP contribution in [-0.4, -0.2) is 16.8 Å². The molecule has 1 heterocycles. The van der Waals surface area contributed by atoms with Gasteiger partial charge in [0.1, 0.15) is 0 Å². The average molecular weight is 241 g/mol. The number of nitrogens with one attached hydrogen (secondary N) is 1. The lowest BCUT2D eigenvalue weighted by atomic mass is 10.1. The highest BCUT2D eigenvalue weighted by molar-refractivity contribution is 6.05. The fourth-order valence-corrected chi connectivity index (χ4v) is 1.45. The summed E-state index contributed by atoms with van der Waals surface area (Å²) >= 11 is 0. The fraction of sp³-hybridized carbons (Fsp3) is 0. The molecule has 1 aromatic carbocycles. The van der Waals surface area contributed by atoms with Crippen LogP contribution in [0.15, 0.2) is 48.8 Å². The summed E-state index contributed by atoms with van der Waals surface area (Å²) in [6.45, 7) is 0. The number of amides is 2. The number of benzene rings is 1. The highest BCUT2D eigenvalue weighted by Crippen LogP contribution is 2.09. The molecule has 0 saturated carbocycles. The summed E-state index contributed by atoms with van der Waals surface area (Å²) in [6, 6.07) is 9.67. The van der Waals surface area contributed by atoms with Gasteiger partial charge in [0.15, 0.2) is 0 Å². The Bertz CT molecular complexity index is 582. The van der Waals surface area contributed by atoms with Crippen LogP contribution < -0.4 is 11.1 Å². The van der Waals surface area contributed by atoms with Gasteiger partial charge >= 0.3 is 0 Å². The first-order chi connectivity index (χ1) is 8.66. The second kappa shape index (κ2) is 5.09. The Morgan fingerprint density at radius 3 is 2.56 bits per heavy atom. The van der Waals surface area contributed by atoms with Crippen molar-refractivity contribution in [3.8, 4) is 0 Å². The van der Waals surface area contributed by atoms with E-state index in [1.807, 2.05) is 0 Å². The van der Waals surface area contributed by atoms with Crippen LogP contribution in [0, 0.1) is 0 Å². The molecule has 0 radical (unpaired) electrons. The van der Waals surface area contributed by atoms with E-state index in [1.165, 1.54) is 12.3 Å². The molecule has 0 spiro atoms. The molecule has 5 nitrogen and oxygen atoms in total. The molecule has 3 N–H and O–H groups in total. The molecule has 0 aliphatic heterocycles. The minimum atomic E-state index is -0.564. The molecule has 18 heavy (non-hydrogen) atoms. The zero-order chi connectivity index (χ0) is 13.0. The number of carbonyl (C=O) groups is 2. The third-order valence-electron chi connectivity index (χ3n) is 2.33. The largest absolute Gasteiger partial charge is 0.366 e. The minimum Gasteiger partial charge on any atom is -0.366 e. The van der Waals surface area contributed by atoms with Crippen molar-refractivity contribution in [2.75, 3.05) is 5.32 Å². The van der Waals surface area contributed by atoms with Crippen LogP contribution >= 0.6 is 0 Å². The summed E-state index contributed by atoms with van der Waals surface area (Å²) in [6.07, 6.45) is 3.15. The van der Waals surface area contributed by atoms with Crippen LogP contribution in [0.5, 0.6) is 0 Å². The Morgan fingerprint density at radius 1 is 1.11 bits per heavy atom. The Hall–Kier alpha value is -2.69. The van der Waals surface area contributed by atoms with Gasteiger partial charge < -0.3 is 11.1 Å². The SMILES string of the molecule is NC(=O)c1cccc(C(=O)Nc2cccnc2)c1. The van der Waals surface area contributed by atoms with Gasteiger partial charge in [-0.3, -0.25) is 14.6 Å². The van der Waals surface area contributed by atoms with Gasteiger partial charge in [0.25, 0.3) is 5.91 Å². The zero-order valence-corrected chi connectivity index (χ0v) is 9.46. The number of anilines is 1. The van der Waals surface area contributed by atoms with Crippen molar-refractivity contribution in [1.82, 2.24) is 4.98 Å². The van der Waals surface area contributed by atoms with Gasteiger partial charge in [0.2, 0.25) is 5.91 Å². The smallest absolute Gasteiger partial charge is 0.255 e. The maximum atomic E-state index is 11.9. The van der Waals surface area contributed by atoms with Crippen molar-refractivity contribution >= 4 is 17.5 Å². The summed E-state index contributed by atoms with van der Waals surface area (Å²) in [5.74, 6) is -0.878. The Morgan fingerprint density at radius 2 is 1.89 bits per heavy atom. The highest BCUT2D eigenvalue weighted by atomic mass is 16.2. The summed E-state index contributed by atoms with van der Waals surface area (Å²) in [5.41, 5.74) is 6.41. The lowest BCUT2D eigenvalue weighted by Crippen LogP contribution is -2.15. The molecule has 2 aromatic rings. The Labute approximate surface area is 104 Å².